The van der Waals surface area contributed by atoms with Crippen LogP contribution in [0.3, 0.4) is 0 Å². The zero-order valence-corrected chi connectivity index (χ0v) is 11.5. The number of nitrogens with one attached hydrogen (secondary N) is 1. The second-order valence-corrected chi connectivity index (χ2v) is 4.86. The van der Waals surface area contributed by atoms with E-state index in [0.29, 0.717) is 19.1 Å². The van der Waals surface area contributed by atoms with Gasteiger partial charge in [-0.1, -0.05) is 6.07 Å². The molecule has 104 valence electrons. The summed E-state index contributed by atoms with van der Waals surface area (Å²) in [7, 11) is 0. The van der Waals surface area contributed by atoms with Gasteiger partial charge in [0.2, 0.25) is 0 Å². The fourth-order valence-electron chi connectivity index (χ4n) is 2.55. The number of aromatic nitrogens is 1. The molecule has 0 saturated carbocycles. The van der Waals surface area contributed by atoms with Gasteiger partial charge in [0.15, 0.2) is 0 Å². The molecule has 0 aromatic carbocycles. The van der Waals surface area contributed by atoms with Crippen molar-refractivity contribution in [3.05, 3.63) is 29.6 Å². The van der Waals surface area contributed by atoms with Gasteiger partial charge >= 0.3 is 5.97 Å². The molecule has 1 aromatic heterocycles. The lowest BCUT2D eigenvalue weighted by Gasteiger charge is -2.25. The van der Waals surface area contributed by atoms with Crippen LogP contribution in [0.2, 0.25) is 0 Å². The van der Waals surface area contributed by atoms with E-state index in [1.54, 1.807) is 0 Å². The molecule has 4 heteroatoms. The molecule has 0 aliphatic heterocycles. The highest BCUT2D eigenvalue weighted by Gasteiger charge is 2.20. The Bertz CT molecular complexity index is 420. The smallest absolute Gasteiger partial charge is 0.305 e. The van der Waals surface area contributed by atoms with Gasteiger partial charge in [-0.2, -0.15) is 0 Å². The number of ether oxygens (including phenoxy) is 1. The molecule has 1 unspecified atom stereocenters. The van der Waals surface area contributed by atoms with Gasteiger partial charge in [0.05, 0.1) is 12.3 Å². The van der Waals surface area contributed by atoms with E-state index in [-0.39, 0.29) is 5.97 Å². The monoisotopic (exact) mass is 262 g/mol. The molecular formula is C15H22N2O2. The van der Waals surface area contributed by atoms with E-state index >= 15 is 0 Å². The Morgan fingerprint density at radius 1 is 1.58 bits per heavy atom. The molecule has 1 N–H and O–H groups in total. The summed E-state index contributed by atoms with van der Waals surface area (Å²) in [5.41, 5.74) is 2.54. The van der Waals surface area contributed by atoms with Crippen molar-refractivity contribution in [3.63, 3.8) is 0 Å². The number of nitrogens with zero attached hydrogens (tertiary/aromatic N) is 1. The summed E-state index contributed by atoms with van der Waals surface area (Å²) in [6.07, 6.45) is 6.62. The highest BCUT2D eigenvalue weighted by molar-refractivity contribution is 5.69. The quantitative estimate of drug-likeness (QED) is 0.632. The average molecular weight is 262 g/mol. The predicted octanol–water partition coefficient (Wildman–Crippen LogP) is 2.39. The van der Waals surface area contributed by atoms with Crippen LogP contribution in [0.15, 0.2) is 18.3 Å². The lowest BCUT2D eigenvalue weighted by molar-refractivity contribution is -0.143. The van der Waals surface area contributed by atoms with Crippen LogP contribution in [0, 0.1) is 0 Å². The molecule has 0 radical (unpaired) electrons. The summed E-state index contributed by atoms with van der Waals surface area (Å²) in [6.45, 7) is 3.13. The van der Waals surface area contributed by atoms with Gasteiger partial charge in [0.1, 0.15) is 0 Å². The number of carbonyl (C=O) groups is 1. The maximum atomic E-state index is 11.2. The summed E-state index contributed by atoms with van der Waals surface area (Å²) < 4.78 is 4.91. The van der Waals surface area contributed by atoms with Crippen LogP contribution in [-0.4, -0.2) is 24.1 Å². The van der Waals surface area contributed by atoms with E-state index < -0.39 is 0 Å². The van der Waals surface area contributed by atoms with Gasteiger partial charge in [-0.25, -0.2) is 0 Å². The second kappa shape index (κ2) is 7.24. The van der Waals surface area contributed by atoms with Crippen molar-refractivity contribution in [2.45, 2.75) is 45.1 Å². The highest BCUT2D eigenvalue weighted by atomic mass is 16.5. The molecule has 0 amide bonds. The Kier molecular flexibility index (Phi) is 5.33. The molecule has 0 bridgehead atoms. The summed E-state index contributed by atoms with van der Waals surface area (Å²) in [5, 5.41) is 3.50. The van der Waals surface area contributed by atoms with Crippen molar-refractivity contribution in [1.29, 1.82) is 0 Å². The molecule has 0 fully saturated rings. The summed E-state index contributed by atoms with van der Waals surface area (Å²) >= 11 is 0. The molecule has 1 aliphatic carbocycles. The molecule has 4 nitrogen and oxygen atoms in total. The standard InChI is InChI=1S/C15H22N2O2/c1-2-19-14(18)9-5-10-16-13-8-3-6-12-7-4-11-17-15(12)13/h4,7,11,13,16H,2-3,5-6,8-10H2,1H3. The topological polar surface area (TPSA) is 51.2 Å². The first kappa shape index (κ1) is 14.0. The van der Waals surface area contributed by atoms with E-state index in [4.69, 9.17) is 4.74 Å². The second-order valence-electron chi connectivity index (χ2n) is 4.86. The van der Waals surface area contributed by atoms with Gasteiger partial charge in [0.25, 0.3) is 0 Å². The van der Waals surface area contributed by atoms with Gasteiger partial charge in [-0.15, -0.1) is 0 Å². The predicted molar refractivity (Wildman–Crippen MR) is 73.8 cm³/mol. The molecule has 1 aromatic rings. The van der Waals surface area contributed by atoms with Gasteiger partial charge in [-0.3, -0.25) is 9.78 Å². The molecule has 1 aliphatic rings. The van der Waals surface area contributed by atoms with Crippen LogP contribution >= 0.6 is 0 Å². The van der Waals surface area contributed by atoms with Crippen molar-refractivity contribution >= 4 is 5.97 Å². The van der Waals surface area contributed by atoms with Crippen LogP contribution in [0.25, 0.3) is 0 Å². The number of aryl methyl sites for hydroxylation is 1. The largest absolute Gasteiger partial charge is 0.466 e. The van der Waals surface area contributed by atoms with Crippen molar-refractivity contribution in [2.24, 2.45) is 0 Å². The lowest BCUT2D eigenvalue weighted by Crippen LogP contribution is -2.27. The third-order valence-corrected chi connectivity index (χ3v) is 3.45. The van der Waals surface area contributed by atoms with E-state index in [1.165, 1.54) is 17.7 Å². The van der Waals surface area contributed by atoms with Crippen LogP contribution in [0.1, 0.15) is 49.9 Å². The first-order valence-corrected chi connectivity index (χ1v) is 7.14. The first-order valence-electron chi connectivity index (χ1n) is 7.14. The van der Waals surface area contributed by atoms with Crippen LogP contribution < -0.4 is 5.32 Å². The van der Waals surface area contributed by atoms with Gasteiger partial charge in [0, 0.05) is 18.7 Å². The van der Waals surface area contributed by atoms with Crippen LogP contribution in [0.5, 0.6) is 0 Å². The Morgan fingerprint density at radius 2 is 2.47 bits per heavy atom. The van der Waals surface area contributed by atoms with E-state index in [1.807, 2.05) is 19.2 Å². The lowest BCUT2D eigenvalue weighted by atomic mass is 9.92. The van der Waals surface area contributed by atoms with Crippen molar-refractivity contribution in [3.8, 4) is 0 Å². The number of esters is 1. The Morgan fingerprint density at radius 3 is 3.32 bits per heavy atom. The third-order valence-electron chi connectivity index (χ3n) is 3.45. The number of carbonyl (C=O) groups excluding carboxylic acids is 1. The van der Waals surface area contributed by atoms with E-state index in [9.17, 15) is 4.79 Å². The molecule has 19 heavy (non-hydrogen) atoms. The molecule has 1 heterocycles. The Balaban J connectivity index is 1.77. The molecule has 1 atom stereocenters. The minimum atomic E-state index is -0.105. The molecule has 2 rings (SSSR count). The zero-order valence-electron chi connectivity index (χ0n) is 11.5. The number of fused-ring (bicyclic) bond motifs is 1. The fraction of sp³-hybridized carbons (Fsp3) is 0.600. The summed E-state index contributed by atoms with van der Waals surface area (Å²) in [6, 6.07) is 4.50. The Hall–Kier alpha value is -1.42. The van der Waals surface area contributed by atoms with Crippen molar-refractivity contribution < 1.29 is 9.53 Å². The molecule has 0 saturated heterocycles. The maximum absolute atomic E-state index is 11.2. The zero-order chi connectivity index (χ0) is 13.5. The highest BCUT2D eigenvalue weighted by Crippen LogP contribution is 2.27. The minimum Gasteiger partial charge on any atom is -0.466 e. The van der Waals surface area contributed by atoms with E-state index in [0.717, 1.165) is 25.8 Å². The number of rotatable bonds is 6. The third kappa shape index (κ3) is 4.03. The molecule has 0 spiro atoms. The van der Waals surface area contributed by atoms with Crippen LogP contribution in [0.4, 0.5) is 0 Å². The van der Waals surface area contributed by atoms with Crippen LogP contribution in [-0.2, 0) is 16.0 Å². The number of hydrogen-bond donors (Lipinski definition) is 1. The maximum Gasteiger partial charge on any atom is 0.305 e. The number of pyridine rings is 1. The van der Waals surface area contributed by atoms with Gasteiger partial charge < -0.3 is 10.1 Å². The van der Waals surface area contributed by atoms with E-state index in [2.05, 4.69) is 16.4 Å². The van der Waals surface area contributed by atoms with Crippen molar-refractivity contribution in [2.75, 3.05) is 13.2 Å². The summed E-state index contributed by atoms with van der Waals surface area (Å²) in [5.74, 6) is -0.105. The molecular weight excluding hydrogens is 240 g/mol. The average Bonchev–Trinajstić information content (AvgIpc) is 2.44. The number of hydrogen-bond acceptors (Lipinski definition) is 4. The van der Waals surface area contributed by atoms with Crippen molar-refractivity contribution in [1.82, 2.24) is 10.3 Å². The normalized spacial score (nSPS) is 17.8. The SMILES string of the molecule is CCOC(=O)CCCNC1CCCc2cccnc21. The minimum absolute atomic E-state index is 0.105. The first-order chi connectivity index (χ1) is 9.31. The Labute approximate surface area is 114 Å². The fourth-order valence-corrected chi connectivity index (χ4v) is 2.55. The van der Waals surface area contributed by atoms with Gasteiger partial charge in [-0.05, 0) is 50.8 Å². The summed E-state index contributed by atoms with van der Waals surface area (Å²) in [4.78, 5) is 15.7.